The molecule has 0 saturated carbocycles. The second-order valence-electron chi connectivity index (χ2n) is 10.7. The highest BCUT2D eigenvalue weighted by Gasteiger charge is 2.23. The average Bonchev–Trinajstić information content (AvgIpc) is 3.72. The largest absolute Gasteiger partial charge is 0.365 e. The number of halogens is 1. The lowest BCUT2D eigenvalue weighted by molar-refractivity contribution is -0.656. The van der Waals surface area contributed by atoms with Crippen molar-refractivity contribution in [1.29, 1.82) is 0 Å². The lowest BCUT2D eigenvalue weighted by Crippen LogP contribution is -2.33. The monoisotopic (exact) mass is 597 g/mol. The normalized spacial score (nSPS) is 11.6. The van der Waals surface area contributed by atoms with Gasteiger partial charge in [-0.05, 0) is 72.2 Å². The van der Waals surface area contributed by atoms with Gasteiger partial charge < -0.3 is 9.80 Å². The van der Waals surface area contributed by atoms with E-state index >= 15 is 0 Å². The van der Waals surface area contributed by atoms with Crippen molar-refractivity contribution in [1.82, 2.24) is 34.1 Å². The van der Waals surface area contributed by atoms with Crippen LogP contribution < -0.4 is 14.5 Å². The number of hydrogen-bond donors (Lipinski definition) is 0. The number of para-hydroxylation sites is 2. The van der Waals surface area contributed by atoms with E-state index in [1.807, 2.05) is 88.5 Å². The summed E-state index contributed by atoms with van der Waals surface area (Å²) in [5.74, 6) is 2.73. The molecule has 0 fully saturated rings. The van der Waals surface area contributed by atoms with Gasteiger partial charge in [-0.1, -0.05) is 46.6 Å². The zero-order valence-electron chi connectivity index (χ0n) is 24.2. The molecule has 0 aliphatic carbocycles. The molecule has 0 bridgehead atoms. The van der Waals surface area contributed by atoms with Gasteiger partial charge >= 0.3 is 5.78 Å². The zero-order valence-corrected chi connectivity index (χ0v) is 24.9. The molecule has 11 heteroatoms. The summed E-state index contributed by atoms with van der Waals surface area (Å²) in [6.07, 6.45) is 3.67. The molecule has 0 aliphatic heterocycles. The third-order valence-corrected chi connectivity index (χ3v) is 8.32. The van der Waals surface area contributed by atoms with E-state index in [1.54, 1.807) is 6.33 Å². The first-order valence-corrected chi connectivity index (χ1v) is 14.5. The van der Waals surface area contributed by atoms with Gasteiger partial charge in [0.1, 0.15) is 17.7 Å². The van der Waals surface area contributed by atoms with E-state index in [0.717, 1.165) is 56.1 Å². The Morgan fingerprint density at radius 1 is 0.705 bits per heavy atom. The molecule has 4 aromatic heterocycles. The Labute approximate surface area is 257 Å². The fraction of sp³-hybridized carbons (Fsp3) is 0.0909. The van der Waals surface area contributed by atoms with Crippen LogP contribution in [0.1, 0.15) is 5.56 Å². The van der Waals surface area contributed by atoms with Crippen LogP contribution in [0.5, 0.6) is 0 Å². The molecule has 8 aromatic rings. The predicted molar refractivity (Wildman–Crippen MR) is 173 cm³/mol. The van der Waals surface area contributed by atoms with Crippen molar-refractivity contribution in [2.75, 3.05) is 23.9 Å². The summed E-state index contributed by atoms with van der Waals surface area (Å²) in [5.41, 5.74) is 5.94. The Hall–Kier alpha value is -5.61. The Morgan fingerprint density at radius 2 is 1.32 bits per heavy atom. The molecule has 0 radical (unpaired) electrons. The molecule has 0 atom stereocenters. The molecule has 0 saturated heterocycles. The van der Waals surface area contributed by atoms with Gasteiger partial charge in [0.25, 0.3) is 12.1 Å². The highest BCUT2D eigenvalue weighted by atomic mass is 35.5. The highest BCUT2D eigenvalue weighted by molar-refractivity contribution is 6.30. The molecule has 0 spiro atoms. The third kappa shape index (κ3) is 4.10. The van der Waals surface area contributed by atoms with Crippen LogP contribution in [0.4, 0.5) is 23.0 Å². The van der Waals surface area contributed by atoms with E-state index in [4.69, 9.17) is 26.7 Å². The van der Waals surface area contributed by atoms with Crippen LogP contribution in [0.2, 0.25) is 5.02 Å². The Morgan fingerprint density at radius 3 is 2.05 bits per heavy atom. The van der Waals surface area contributed by atoms with Gasteiger partial charge in [0.15, 0.2) is 11.5 Å². The van der Waals surface area contributed by atoms with Crippen molar-refractivity contribution >= 4 is 68.0 Å². The van der Waals surface area contributed by atoms with E-state index in [0.29, 0.717) is 16.6 Å². The van der Waals surface area contributed by atoms with Gasteiger partial charge in [-0.3, -0.25) is 4.40 Å². The van der Waals surface area contributed by atoms with Gasteiger partial charge in [0, 0.05) is 41.9 Å². The predicted octanol–water partition coefficient (Wildman–Crippen LogP) is 6.25. The number of hydrogen-bond acceptors (Lipinski definition) is 7. The summed E-state index contributed by atoms with van der Waals surface area (Å²) in [5, 5.41) is 16.0. The minimum atomic E-state index is 0.546. The molecule has 0 unspecified atom stereocenters. The van der Waals surface area contributed by atoms with Crippen molar-refractivity contribution in [3.05, 3.63) is 114 Å². The smallest absolute Gasteiger partial charge is 0.329 e. The quantitative estimate of drug-likeness (QED) is 0.217. The SMILES string of the molecule is Cc1ccc(N(C)c2nc3nncn3c3ccccc23)cc1-[n+]1cn2c(nc(N(C)c3ccc(Cl)cc3)c3ccccc32)n1. The second kappa shape index (κ2) is 9.99. The Bertz CT molecular complexity index is 2360. The summed E-state index contributed by atoms with van der Waals surface area (Å²) in [7, 11) is 4.02. The van der Waals surface area contributed by atoms with E-state index in [2.05, 4.69) is 63.3 Å². The van der Waals surface area contributed by atoms with E-state index in [-0.39, 0.29) is 0 Å². The van der Waals surface area contributed by atoms with Crippen LogP contribution in [0.15, 0.2) is 104 Å². The minimum Gasteiger partial charge on any atom is -0.329 e. The topological polar surface area (TPSA) is 83.6 Å². The maximum absolute atomic E-state index is 6.16. The second-order valence-corrected chi connectivity index (χ2v) is 11.1. The number of benzene rings is 4. The van der Waals surface area contributed by atoms with Crippen LogP contribution in [0, 0.1) is 6.92 Å². The van der Waals surface area contributed by atoms with E-state index in [1.165, 1.54) is 0 Å². The number of anilines is 4. The van der Waals surface area contributed by atoms with Crippen molar-refractivity contribution in [3.63, 3.8) is 0 Å². The van der Waals surface area contributed by atoms with Crippen LogP contribution in [0.3, 0.4) is 0 Å². The van der Waals surface area contributed by atoms with E-state index < -0.39 is 0 Å². The summed E-state index contributed by atoms with van der Waals surface area (Å²) >= 11 is 6.16. The molecular formula is C33H26ClN10+. The van der Waals surface area contributed by atoms with Gasteiger partial charge in [0.2, 0.25) is 0 Å². The fourth-order valence-corrected chi connectivity index (χ4v) is 5.82. The van der Waals surface area contributed by atoms with Crippen LogP contribution in [-0.2, 0) is 0 Å². The summed E-state index contributed by atoms with van der Waals surface area (Å²) in [4.78, 5) is 14.0. The van der Waals surface area contributed by atoms with Crippen molar-refractivity contribution in [2.45, 2.75) is 6.92 Å². The highest BCUT2D eigenvalue weighted by Crippen LogP contribution is 2.32. The molecule has 4 heterocycles. The van der Waals surface area contributed by atoms with Gasteiger partial charge in [-0.25, -0.2) is 0 Å². The van der Waals surface area contributed by atoms with Crippen molar-refractivity contribution in [2.24, 2.45) is 0 Å². The first kappa shape index (κ1) is 26.1. The number of aryl methyl sites for hydroxylation is 1. The maximum atomic E-state index is 6.16. The number of nitrogens with zero attached hydrogens (tertiary/aromatic N) is 10. The lowest BCUT2D eigenvalue weighted by atomic mass is 10.1. The van der Waals surface area contributed by atoms with Gasteiger partial charge in [-0.15, -0.1) is 10.2 Å². The Balaban J connectivity index is 1.25. The summed E-state index contributed by atoms with van der Waals surface area (Å²) in [6, 6.07) is 30.4. The zero-order chi connectivity index (χ0) is 29.9. The number of fused-ring (bicyclic) bond motifs is 6. The molecule has 8 rings (SSSR count). The number of aromatic nitrogens is 8. The van der Waals surface area contributed by atoms with Crippen LogP contribution >= 0.6 is 11.6 Å². The van der Waals surface area contributed by atoms with Crippen molar-refractivity contribution < 1.29 is 4.68 Å². The summed E-state index contributed by atoms with van der Waals surface area (Å²) in [6.45, 7) is 2.08. The van der Waals surface area contributed by atoms with Crippen molar-refractivity contribution in [3.8, 4) is 5.69 Å². The molecule has 44 heavy (non-hydrogen) atoms. The number of rotatable bonds is 5. The summed E-state index contributed by atoms with van der Waals surface area (Å²) < 4.78 is 5.81. The van der Waals surface area contributed by atoms with Crippen LogP contribution in [0.25, 0.3) is 39.0 Å². The first-order valence-electron chi connectivity index (χ1n) is 14.1. The molecule has 4 aromatic carbocycles. The van der Waals surface area contributed by atoms with Gasteiger partial charge in [-0.2, -0.15) is 14.4 Å². The molecule has 0 N–H and O–H groups in total. The van der Waals surface area contributed by atoms with E-state index in [9.17, 15) is 0 Å². The minimum absolute atomic E-state index is 0.546. The molecule has 0 aliphatic rings. The molecule has 214 valence electrons. The van der Waals surface area contributed by atoms with Crippen LogP contribution in [-0.4, -0.2) is 48.2 Å². The molecular weight excluding hydrogens is 572 g/mol. The van der Waals surface area contributed by atoms with Gasteiger partial charge in [0.05, 0.1) is 10.9 Å². The first-order chi connectivity index (χ1) is 21.5. The lowest BCUT2D eigenvalue weighted by Gasteiger charge is -2.21. The molecule has 10 nitrogen and oxygen atoms in total. The average molecular weight is 598 g/mol. The standard InChI is InChI=1S/C33H26ClN10/c1-21-12-15-24(41(3)30-25-8-4-6-10-27(25)42-19-35-38-32(42)36-30)18-29(21)44-20-43-28-11-7-5-9-26(28)31(37-33(43)39-44)40(2)23-16-13-22(34)14-17-23/h4-20H,1-3H3/q+1. The maximum Gasteiger partial charge on any atom is 0.365 e. The third-order valence-electron chi connectivity index (χ3n) is 8.06. The molecule has 0 amide bonds. The fourth-order valence-electron chi connectivity index (χ4n) is 5.70. The Kier molecular flexibility index (Phi) is 5.92.